The lowest BCUT2D eigenvalue weighted by Gasteiger charge is -2.08. The summed E-state index contributed by atoms with van der Waals surface area (Å²) in [7, 11) is 0. The lowest BCUT2D eigenvalue weighted by Crippen LogP contribution is -2.12. The molecule has 0 spiro atoms. The Morgan fingerprint density at radius 1 is 1.25 bits per heavy atom. The van der Waals surface area contributed by atoms with Gasteiger partial charge in [0.15, 0.2) is 11.4 Å². The molecule has 0 unspecified atom stereocenters. The van der Waals surface area contributed by atoms with Crippen LogP contribution in [0.1, 0.15) is 41.4 Å². The molecule has 0 saturated carbocycles. The minimum atomic E-state index is -0.455. The lowest BCUT2D eigenvalue weighted by atomic mass is 10.1. The van der Waals surface area contributed by atoms with E-state index in [4.69, 9.17) is 4.42 Å². The molecule has 28 heavy (non-hydrogen) atoms. The lowest BCUT2D eigenvalue weighted by molar-refractivity contribution is 0.0996. The van der Waals surface area contributed by atoms with Crippen LogP contribution >= 0.6 is 0 Å². The predicted molar refractivity (Wildman–Crippen MR) is 104 cm³/mol. The summed E-state index contributed by atoms with van der Waals surface area (Å²) in [5.41, 5.74) is 3.00. The number of pyridine rings is 1. The zero-order valence-corrected chi connectivity index (χ0v) is 15.7. The van der Waals surface area contributed by atoms with Gasteiger partial charge in [0.2, 0.25) is 0 Å². The second-order valence-corrected chi connectivity index (χ2v) is 6.96. The number of anilines is 1. The first-order valence-electron chi connectivity index (χ1n) is 8.93. The number of nitrogens with one attached hydrogen (secondary N) is 1. The van der Waals surface area contributed by atoms with Crippen molar-refractivity contribution in [3.8, 4) is 5.69 Å². The quantitative estimate of drug-likeness (QED) is 0.552. The van der Waals surface area contributed by atoms with Crippen LogP contribution in [0.4, 0.5) is 10.1 Å². The number of furan rings is 1. The molecule has 0 aliphatic carbocycles. The second kappa shape index (κ2) is 6.92. The Morgan fingerprint density at radius 3 is 2.79 bits per heavy atom. The first-order chi connectivity index (χ1) is 13.4. The maximum atomic E-state index is 14.5. The first-order valence-corrected chi connectivity index (χ1v) is 8.93. The van der Waals surface area contributed by atoms with Gasteiger partial charge in [-0.25, -0.2) is 14.1 Å². The summed E-state index contributed by atoms with van der Waals surface area (Å²) in [4.78, 5) is 16.7. The Hall–Kier alpha value is -3.48. The highest BCUT2D eigenvalue weighted by atomic mass is 19.1. The Labute approximate surface area is 161 Å². The fraction of sp³-hybridized carbons (Fsp3) is 0.190. The molecule has 3 aromatic heterocycles. The van der Waals surface area contributed by atoms with Crippen molar-refractivity contribution in [2.24, 2.45) is 0 Å². The molecule has 1 N–H and O–H groups in total. The standard InChI is InChI=1S/C21H19FN4O2/c1-12(2)14-8-15-11-26(25-20(15)23-10-14)18-9-16(4-5-17(18)22)24-21(27)19-13(3)6-7-28-19/h4-12H,1-3H3,(H,24,27). The molecule has 0 radical (unpaired) electrons. The minimum absolute atomic E-state index is 0.220. The van der Waals surface area contributed by atoms with Crippen LogP contribution in [0.3, 0.4) is 0 Å². The van der Waals surface area contributed by atoms with E-state index in [1.807, 2.05) is 6.07 Å². The Kier molecular flexibility index (Phi) is 4.43. The predicted octanol–water partition coefficient (Wildman–Crippen LogP) is 4.84. The van der Waals surface area contributed by atoms with Gasteiger partial charge in [-0.15, -0.1) is 5.10 Å². The molecule has 0 aliphatic heterocycles. The highest BCUT2D eigenvalue weighted by molar-refractivity contribution is 6.03. The van der Waals surface area contributed by atoms with E-state index < -0.39 is 11.7 Å². The van der Waals surface area contributed by atoms with Crippen molar-refractivity contribution < 1.29 is 13.6 Å². The van der Waals surface area contributed by atoms with Gasteiger partial charge in [-0.1, -0.05) is 13.8 Å². The largest absolute Gasteiger partial charge is 0.459 e. The number of aromatic nitrogens is 3. The van der Waals surface area contributed by atoms with E-state index in [9.17, 15) is 9.18 Å². The molecular weight excluding hydrogens is 359 g/mol. The van der Waals surface area contributed by atoms with Crippen molar-refractivity contribution in [1.82, 2.24) is 14.8 Å². The second-order valence-electron chi connectivity index (χ2n) is 6.96. The number of nitrogens with zero attached hydrogens (tertiary/aromatic N) is 3. The molecule has 4 aromatic rings. The minimum Gasteiger partial charge on any atom is -0.459 e. The summed E-state index contributed by atoms with van der Waals surface area (Å²) in [6, 6.07) is 8.02. The molecule has 1 aromatic carbocycles. The summed E-state index contributed by atoms with van der Waals surface area (Å²) in [6.07, 6.45) is 4.96. The molecule has 4 rings (SSSR count). The first kappa shape index (κ1) is 17.9. The van der Waals surface area contributed by atoms with Crippen molar-refractivity contribution >= 4 is 22.6 Å². The van der Waals surface area contributed by atoms with Crippen LogP contribution in [-0.4, -0.2) is 20.7 Å². The van der Waals surface area contributed by atoms with E-state index >= 15 is 0 Å². The Bertz CT molecular complexity index is 1180. The molecule has 142 valence electrons. The molecule has 1 amide bonds. The van der Waals surface area contributed by atoms with Gasteiger partial charge in [0, 0.05) is 29.0 Å². The fourth-order valence-corrected chi connectivity index (χ4v) is 2.93. The summed E-state index contributed by atoms with van der Waals surface area (Å²) in [5.74, 6) is -0.292. The van der Waals surface area contributed by atoms with Crippen molar-refractivity contribution in [2.75, 3.05) is 5.32 Å². The fourth-order valence-electron chi connectivity index (χ4n) is 2.93. The maximum Gasteiger partial charge on any atom is 0.291 e. The Balaban J connectivity index is 1.68. The van der Waals surface area contributed by atoms with Crippen LogP contribution in [0.2, 0.25) is 0 Å². The molecule has 7 heteroatoms. The van der Waals surface area contributed by atoms with Crippen molar-refractivity contribution in [2.45, 2.75) is 26.7 Å². The number of carbonyl (C=O) groups is 1. The van der Waals surface area contributed by atoms with Crippen LogP contribution in [0, 0.1) is 12.7 Å². The molecular formula is C21H19FN4O2. The molecule has 0 aliphatic rings. The van der Waals surface area contributed by atoms with Gasteiger partial charge in [0.1, 0.15) is 11.5 Å². The maximum absolute atomic E-state index is 14.5. The number of hydrogen-bond acceptors (Lipinski definition) is 4. The van der Waals surface area contributed by atoms with E-state index in [1.54, 1.807) is 25.4 Å². The van der Waals surface area contributed by atoms with Gasteiger partial charge < -0.3 is 9.73 Å². The molecule has 0 fully saturated rings. The highest BCUT2D eigenvalue weighted by Gasteiger charge is 2.15. The van der Waals surface area contributed by atoms with Crippen LogP contribution in [-0.2, 0) is 0 Å². The third-order valence-corrected chi connectivity index (χ3v) is 4.57. The summed E-state index contributed by atoms with van der Waals surface area (Å²) in [5, 5.41) is 7.91. The topological polar surface area (TPSA) is 73.0 Å². The van der Waals surface area contributed by atoms with E-state index in [1.165, 1.54) is 29.1 Å². The van der Waals surface area contributed by atoms with Crippen LogP contribution in [0.25, 0.3) is 16.7 Å². The third kappa shape index (κ3) is 3.26. The molecule has 0 atom stereocenters. The summed E-state index contributed by atoms with van der Waals surface area (Å²) in [6.45, 7) is 5.95. The van der Waals surface area contributed by atoms with Gasteiger partial charge in [-0.3, -0.25) is 4.79 Å². The van der Waals surface area contributed by atoms with Crippen molar-refractivity contribution in [3.05, 3.63) is 71.7 Å². The van der Waals surface area contributed by atoms with Gasteiger partial charge in [0.25, 0.3) is 5.91 Å². The average molecular weight is 378 g/mol. The van der Waals surface area contributed by atoms with Gasteiger partial charge in [-0.05, 0) is 48.7 Å². The molecule has 6 nitrogen and oxygen atoms in total. The number of carbonyl (C=O) groups excluding carboxylic acids is 1. The highest BCUT2D eigenvalue weighted by Crippen LogP contribution is 2.23. The van der Waals surface area contributed by atoms with E-state index in [0.29, 0.717) is 17.3 Å². The van der Waals surface area contributed by atoms with Gasteiger partial charge in [0.05, 0.1) is 6.26 Å². The van der Waals surface area contributed by atoms with Crippen LogP contribution in [0.5, 0.6) is 0 Å². The van der Waals surface area contributed by atoms with Crippen LogP contribution in [0.15, 0.2) is 53.4 Å². The zero-order chi connectivity index (χ0) is 19.8. The molecule has 3 heterocycles. The van der Waals surface area contributed by atoms with Crippen molar-refractivity contribution in [1.29, 1.82) is 0 Å². The molecule has 0 bridgehead atoms. The number of fused-ring (bicyclic) bond motifs is 1. The normalized spacial score (nSPS) is 11.3. The SMILES string of the molecule is Cc1ccoc1C(=O)Nc1ccc(F)c(-n2cc3cc(C(C)C)cnc3n2)c1. The summed E-state index contributed by atoms with van der Waals surface area (Å²) < 4.78 is 21.1. The van der Waals surface area contributed by atoms with E-state index in [-0.39, 0.29) is 11.4 Å². The number of hydrogen-bond donors (Lipinski definition) is 1. The smallest absolute Gasteiger partial charge is 0.291 e. The van der Waals surface area contributed by atoms with Gasteiger partial charge in [-0.2, -0.15) is 0 Å². The number of aryl methyl sites for hydroxylation is 1. The van der Waals surface area contributed by atoms with E-state index in [2.05, 4.69) is 29.2 Å². The molecule has 0 saturated heterocycles. The zero-order valence-electron chi connectivity index (χ0n) is 15.7. The van der Waals surface area contributed by atoms with Gasteiger partial charge >= 0.3 is 0 Å². The monoisotopic (exact) mass is 378 g/mol. The number of amides is 1. The van der Waals surface area contributed by atoms with Crippen LogP contribution < -0.4 is 5.32 Å². The van der Waals surface area contributed by atoms with Crippen molar-refractivity contribution in [3.63, 3.8) is 0 Å². The van der Waals surface area contributed by atoms with E-state index in [0.717, 1.165) is 16.5 Å². The average Bonchev–Trinajstić information content (AvgIpc) is 3.28. The number of rotatable bonds is 4. The third-order valence-electron chi connectivity index (χ3n) is 4.57. The number of halogens is 1. The summed E-state index contributed by atoms with van der Waals surface area (Å²) >= 11 is 0. The Morgan fingerprint density at radius 2 is 2.07 bits per heavy atom. The number of benzene rings is 1.